The van der Waals surface area contributed by atoms with Crippen molar-refractivity contribution in [3.05, 3.63) is 0 Å². The lowest BCUT2D eigenvalue weighted by atomic mass is 10.1. The molecule has 0 N–H and O–H groups in total. The molecule has 0 saturated carbocycles. The van der Waals surface area contributed by atoms with Gasteiger partial charge in [0.2, 0.25) is 0 Å². The van der Waals surface area contributed by atoms with Crippen LogP contribution in [0.2, 0.25) is 19.1 Å². The third-order valence-corrected chi connectivity index (χ3v) is 6.21. The summed E-state index contributed by atoms with van der Waals surface area (Å²) in [5.41, 5.74) is 0. The summed E-state index contributed by atoms with van der Waals surface area (Å²) in [4.78, 5) is 0. The molecular formula is C15H33ClOSi. The van der Waals surface area contributed by atoms with E-state index >= 15 is 0 Å². The molecule has 3 heteroatoms. The highest BCUT2D eigenvalue weighted by atomic mass is 35.5. The first kappa shape index (κ1) is 18.5. The van der Waals surface area contributed by atoms with E-state index in [0.29, 0.717) is 0 Å². The van der Waals surface area contributed by atoms with Crippen molar-refractivity contribution in [3.8, 4) is 0 Å². The van der Waals surface area contributed by atoms with Crippen LogP contribution in [0.15, 0.2) is 0 Å². The maximum atomic E-state index is 6.06. The molecule has 0 saturated heterocycles. The Balaban J connectivity index is 3.23. The summed E-state index contributed by atoms with van der Waals surface area (Å²) < 4.78 is 6.06. The van der Waals surface area contributed by atoms with Gasteiger partial charge in [-0.05, 0) is 32.0 Å². The summed E-state index contributed by atoms with van der Waals surface area (Å²) in [6.07, 6.45) is 12.1. The van der Waals surface area contributed by atoms with Crippen molar-refractivity contribution in [1.82, 2.24) is 0 Å². The van der Waals surface area contributed by atoms with Crippen molar-refractivity contribution >= 4 is 19.9 Å². The van der Waals surface area contributed by atoms with Crippen LogP contribution in [0.25, 0.3) is 0 Å². The zero-order valence-corrected chi connectivity index (χ0v) is 14.5. The minimum atomic E-state index is -1.39. The summed E-state index contributed by atoms with van der Waals surface area (Å²) in [5, 5.41) is 0. The van der Waals surface area contributed by atoms with Crippen molar-refractivity contribution in [1.29, 1.82) is 0 Å². The van der Waals surface area contributed by atoms with Gasteiger partial charge in [-0.25, -0.2) is 0 Å². The van der Waals surface area contributed by atoms with E-state index in [9.17, 15) is 0 Å². The average Bonchev–Trinajstić information content (AvgIpc) is 2.34. The first-order valence-corrected chi connectivity index (χ1v) is 11.5. The first-order valence-electron chi connectivity index (χ1n) is 7.82. The molecule has 0 aromatic carbocycles. The zero-order valence-electron chi connectivity index (χ0n) is 12.8. The van der Waals surface area contributed by atoms with E-state index in [2.05, 4.69) is 20.0 Å². The maximum absolute atomic E-state index is 6.06. The van der Waals surface area contributed by atoms with Crippen LogP contribution in [0.4, 0.5) is 0 Å². The van der Waals surface area contributed by atoms with Gasteiger partial charge in [-0.3, -0.25) is 0 Å². The van der Waals surface area contributed by atoms with Crippen molar-refractivity contribution in [2.75, 3.05) is 12.5 Å². The zero-order chi connectivity index (χ0) is 13.7. The van der Waals surface area contributed by atoms with Gasteiger partial charge in [0.25, 0.3) is 0 Å². The minimum Gasteiger partial charge on any atom is -0.417 e. The molecule has 0 aliphatic heterocycles. The van der Waals surface area contributed by atoms with E-state index in [0.717, 1.165) is 18.9 Å². The van der Waals surface area contributed by atoms with Crippen LogP contribution in [0.5, 0.6) is 0 Å². The van der Waals surface area contributed by atoms with Crippen LogP contribution in [-0.2, 0) is 4.43 Å². The van der Waals surface area contributed by atoms with E-state index in [-0.39, 0.29) is 0 Å². The molecule has 0 bridgehead atoms. The second-order valence-electron chi connectivity index (χ2n) is 5.88. The van der Waals surface area contributed by atoms with E-state index in [4.69, 9.17) is 16.0 Å². The smallest absolute Gasteiger partial charge is 0.186 e. The summed E-state index contributed by atoms with van der Waals surface area (Å²) in [5.74, 6) is 0.775. The fourth-order valence-electron chi connectivity index (χ4n) is 2.15. The van der Waals surface area contributed by atoms with Crippen LogP contribution in [0, 0.1) is 0 Å². The van der Waals surface area contributed by atoms with Crippen LogP contribution in [0.1, 0.15) is 64.7 Å². The molecule has 0 radical (unpaired) electrons. The Bertz CT molecular complexity index is 174. The van der Waals surface area contributed by atoms with E-state index in [1.807, 2.05) is 0 Å². The molecule has 0 heterocycles. The van der Waals surface area contributed by atoms with E-state index in [1.54, 1.807) is 0 Å². The van der Waals surface area contributed by atoms with Crippen molar-refractivity contribution in [2.24, 2.45) is 0 Å². The number of alkyl halides is 1. The average molecular weight is 293 g/mol. The number of halogens is 1. The lowest BCUT2D eigenvalue weighted by molar-refractivity contribution is 0.293. The lowest BCUT2D eigenvalue weighted by Crippen LogP contribution is -2.30. The van der Waals surface area contributed by atoms with Gasteiger partial charge in [-0.2, -0.15) is 0 Å². The van der Waals surface area contributed by atoms with Gasteiger partial charge in [0, 0.05) is 12.5 Å². The molecule has 0 amide bonds. The van der Waals surface area contributed by atoms with Crippen LogP contribution < -0.4 is 0 Å². The molecule has 0 unspecified atom stereocenters. The van der Waals surface area contributed by atoms with Gasteiger partial charge < -0.3 is 4.43 Å². The molecular weight excluding hydrogens is 260 g/mol. The largest absolute Gasteiger partial charge is 0.417 e. The van der Waals surface area contributed by atoms with Crippen LogP contribution >= 0.6 is 11.6 Å². The number of hydrogen-bond donors (Lipinski definition) is 0. The lowest BCUT2D eigenvalue weighted by Gasteiger charge is -2.22. The number of unbranched alkanes of at least 4 members (excludes halogenated alkanes) is 7. The quantitative estimate of drug-likeness (QED) is 0.230. The monoisotopic (exact) mass is 292 g/mol. The SMILES string of the molecule is CCCCCCCCCCO[Si](C)(C)CCCCl. The molecule has 0 fully saturated rings. The second kappa shape index (κ2) is 12.5. The standard InChI is InChI=1S/C15H33ClOSi/c1-4-5-6-7-8-9-10-11-14-17-18(2,3)15-12-13-16/h4-15H2,1-3H3. The highest BCUT2D eigenvalue weighted by Crippen LogP contribution is 2.15. The van der Waals surface area contributed by atoms with Crippen LogP contribution in [-0.4, -0.2) is 20.8 Å². The molecule has 1 nitrogen and oxygen atoms in total. The molecule has 0 aromatic rings. The Morgan fingerprint density at radius 1 is 0.833 bits per heavy atom. The normalized spacial score (nSPS) is 12.0. The predicted octanol–water partition coefficient (Wildman–Crippen LogP) is 5.98. The maximum Gasteiger partial charge on any atom is 0.186 e. The predicted molar refractivity (Wildman–Crippen MR) is 86.2 cm³/mol. The third-order valence-electron chi connectivity index (χ3n) is 3.40. The molecule has 0 aliphatic carbocycles. The summed E-state index contributed by atoms with van der Waals surface area (Å²) in [7, 11) is -1.39. The Morgan fingerprint density at radius 2 is 1.39 bits per heavy atom. The molecule has 0 aromatic heterocycles. The van der Waals surface area contributed by atoms with E-state index in [1.165, 1.54) is 57.4 Å². The van der Waals surface area contributed by atoms with Gasteiger partial charge >= 0.3 is 0 Å². The van der Waals surface area contributed by atoms with E-state index < -0.39 is 8.32 Å². The summed E-state index contributed by atoms with van der Waals surface area (Å²) in [6.45, 7) is 7.86. The fourth-order valence-corrected chi connectivity index (χ4v) is 4.38. The molecule has 0 spiro atoms. The van der Waals surface area contributed by atoms with Gasteiger partial charge in [0.05, 0.1) is 0 Å². The second-order valence-corrected chi connectivity index (χ2v) is 10.6. The third kappa shape index (κ3) is 12.9. The fraction of sp³-hybridized carbons (Fsp3) is 1.00. The summed E-state index contributed by atoms with van der Waals surface area (Å²) in [6, 6.07) is 1.20. The van der Waals surface area contributed by atoms with Crippen molar-refractivity contribution in [3.63, 3.8) is 0 Å². The van der Waals surface area contributed by atoms with Gasteiger partial charge in [-0.1, -0.05) is 51.9 Å². The topological polar surface area (TPSA) is 9.23 Å². The van der Waals surface area contributed by atoms with Gasteiger partial charge in [0.1, 0.15) is 0 Å². The molecule has 0 rings (SSSR count). The highest BCUT2D eigenvalue weighted by molar-refractivity contribution is 6.71. The molecule has 0 aliphatic rings. The van der Waals surface area contributed by atoms with Crippen molar-refractivity contribution in [2.45, 2.75) is 83.8 Å². The Morgan fingerprint density at radius 3 is 1.94 bits per heavy atom. The summed E-state index contributed by atoms with van der Waals surface area (Å²) >= 11 is 5.73. The minimum absolute atomic E-state index is 0.775. The first-order chi connectivity index (χ1) is 8.62. The number of rotatable bonds is 13. The highest BCUT2D eigenvalue weighted by Gasteiger charge is 2.20. The van der Waals surface area contributed by atoms with Crippen LogP contribution in [0.3, 0.4) is 0 Å². The van der Waals surface area contributed by atoms with Gasteiger partial charge in [0.15, 0.2) is 8.32 Å². The number of hydrogen-bond acceptors (Lipinski definition) is 1. The Labute approximate surface area is 121 Å². The van der Waals surface area contributed by atoms with Gasteiger partial charge in [-0.15, -0.1) is 11.6 Å². The Hall–Kier alpha value is 0.467. The molecule has 18 heavy (non-hydrogen) atoms. The van der Waals surface area contributed by atoms with Crippen molar-refractivity contribution < 1.29 is 4.43 Å². The molecule has 0 atom stereocenters. The Kier molecular flexibility index (Phi) is 12.8. The molecule has 110 valence electrons.